The maximum absolute atomic E-state index is 12.5. The first-order chi connectivity index (χ1) is 12.7. The van der Waals surface area contributed by atoms with Gasteiger partial charge < -0.3 is 5.32 Å². The van der Waals surface area contributed by atoms with Crippen molar-refractivity contribution in [3.63, 3.8) is 0 Å². The number of aryl methyl sites for hydroxylation is 2. The van der Waals surface area contributed by atoms with Crippen LogP contribution in [-0.4, -0.2) is 27.0 Å². The van der Waals surface area contributed by atoms with Crippen LogP contribution in [0.1, 0.15) is 28.0 Å². The van der Waals surface area contributed by atoms with Gasteiger partial charge in [-0.05, 0) is 42.2 Å². The van der Waals surface area contributed by atoms with E-state index in [1.807, 2.05) is 67.8 Å². The number of aromatic nitrogens is 3. The van der Waals surface area contributed by atoms with Crippen molar-refractivity contribution in [2.45, 2.75) is 19.8 Å². The Hall–Kier alpha value is -3.21. The second-order valence-electron chi connectivity index (χ2n) is 6.44. The third-order valence-corrected chi connectivity index (χ3v) is 4.45. The first-order valence-corrected chi connectivity index (χ1v) is 8.77. The van der Waals surface area contributed by atoms with E-state index >= 15 is 0 Å². The lowest BCUT2D eigenvalue weighted by molar-refractivity contribution is 0.0955. The van der Waals surface area contributed by atoms with Crippen molar-refractivity contribution in [1.82, 2.24) is 19.9 Å². The van der Waals surface area contributed by atoms with Crippen molar-refractivity contribution in [1.29, 1.82) is 0 Å². The molecule has 0 aliphatic heterocycles. The van der Waals surface area contributed by atoms with E-state index in [0.717, 1.165) is 46.1 Å². The highest BCUT2D eigenvalue weighted by atomic mass is 16.1. The normalized spacial score (nSPS) is 11.1. The van der Waals surface area contributed by atoms with Gasteiger partial charge in [0, 0.05) is 30.6 Å². The number of benzene rings is 2. The number of hydrogen-bond acceptors (Lipinski definition) is 3. The predicted octanol–water partition coefficient (Wildman–Crippen LogP) is 3.55. The van der Waals surface area contributed by atoms with Crippen LogP contribution in [0.25, 0.3) is 16.4 Å². The molecule has 0 aliphatic rings. The summed E-state index contributed by atoms with van der Waals surface area (Å²) in [5.74, 6) is -0.0296. The van der Waals surface area contributed by atoms with Crippen molar-refractivity contribution in [2.24, 2.45) is 0 Å². The summed E-state index contributed by atoms with van der Waals surface area (Å²) >= 11 is 0. The lowest BCUT2D eigenvalue weighted by atomic mass is 10.0. The molecule has 4 aromatic rings. The Kier molecular flexibility index (Phi) is 4.35. The Bertz CT molecular complexity index is 1080. The Labute approximate surface area is 151 Å². The van der Waals surface area contributed by atoms with Gasteiger partial charge in [0.25, 0.3) is 5.91 Å². The number of nitrogens with zero attached hydrogens (tertiary/aromatic N) is 3. The average Bonchev–Trinajstić information content (AvgIpc) is 3.04. The summed E-state index contributed by atoms with van der Waals surface area (Å²) in [6.45, 7) is 2.58. The summed E-state index contributed by atoms with van der Waals surface area (Å²) in [6, 6.07) is 15.7. The molecule has 130 valence electrons. The summed E-state index contributed by atoms with van der Waals surface area (Å²) in [5, 5.41) is 9.46. The van der Waals surface area contributed by atoms with Gasteiger partial charge in [-0.2, -0.15) is 5.10 Å². The van der Waals surface area contributed by atoms with Gasteiger partial charge in [0.05, 0.1) is 5.69 Å². The molecule has 0 aliphatic carbocycles. The SMILES string of the molecule is Cc1cc2ncc(CCCNC(=O)c3cccc4ccccc34)cn2n1. The van der Waals surface area contributed by atoms with E-state index in [0.29, 0.717) is 6.54 Å². The minimum atomic E-state index is -0.0296. The molecule has 2 aromatic heterocycles. The van der Waals surface area contributed by atoms with Crippen LogP contribution in [-0.2, 0) is 6.42 Å². The third kappa shape index (κ3) is 3.28. The van der Waals surface area contributed by atoms with Crippen LogP contribution in [0.2, 0.25) is 0 Å². The lowest BCUT2D eigenvalue weighted by Gasteiger charge is -2.08. The van der Waals surface area contributed by atoms with Gasteiger partial charge in [-0.15, -0.1) is 0 Å². The van der Waals surface area contributed by atoms with Crippen LogP contribution in [0, 0.1) is 6.92 Å². The fourth-order valence-corrected chi connectivity index (χ4v) is 3.18. The average molecular weight is 344 g/mol. The van der Waals surface area contributed by atoms with Crippen LogP contribution < -0.4 is 5.32 Å². The molecule has 0 unspecified atom stereocenters. The first kappa shape index (κ1) is 16.3. The van der Waals surface area contributed by atoms with Crippen molar-refractivity contribution in [3.8, 4) is 0 Å². The molecule has 0 atom stereocenters. The van der Waals surface area contributed by atoms with Crippen molar-refractivity contribution in [2.75, 3.05) is 6.54 Å². The number of amides is 1. The van der Waals surface area contributed by atoms with Gasteiger partial charge in [0.2, 0.25) is 0 Å². The highest BCUT2D eigenvalue weighted by Gasteiger charge is 2.09. The lowest BCUT2D eigenvalue weighted by Crippen LogP contribution is -2.25. The predicted molar refractivity (Wildman–Crippen MR) is 102 cm³/mol. The van der Waals surface area contributed by atoms with Crippen LogP contribution >= 0.6 is 0 Å². The van der Waals surface area contributed by atoms with Crippen LogP contribution in [0.15, 0.2) is 60.9 Å². The molecule has 2 aromatic carbocycles. The highest BCUT2D eigenvalue weighted by Crippen LogP contribution is 2.18. The topological polar surface area (TPSA) is 59.3 Å². The summed E-state index contributed by atoms with van der Waals surface area (Å²) < 4.78 is 1.80. The monoisotopic (exact) mass is 344 g/mol. The van der Waals surface area contributed by atoms with Gasteiger partial charge >= 0.3 is 0 Å². The molecular formula is C21H20N4O. The van der Waals surface area contributed by atoms with Crippen molar-refractivity contribution in [3.05, 3.63) is 77.7 Å². The second-order valence-corrected chi connectivity index (χ2v) is 6.44. The largest absolute Gasteiger partial charge is 0.352 e. The smallest absolute Gasteiger partial charge is 0.251 e. The maximum Gasteiger partial charge on any atom is 0.251 e. The van der Waals surface area contributed by atoms with E-state index in [9.17, 15) is 4.79 Å². The summed E-state index contributed by atoms with van der Waals surface area (Å²) in [4.78, 5) is 16.9. The molecule has 26 heavy (non-hydrogen) atoms. The van der Waals surface area contributed by atoms with Crippen LogP contribution in [0.4, 0.5) is 0 Å². The molecule has 1 N–H and O–H groups in total. The molecule has 0 saturated carbocycles. The zero-order valence-electron chi connectivity index (χ0n) is 14.6. The second kappa shape index (κ2) is 6.96. The number of nitrogens with one attached hydrogen (secondary N) is 1. The zero-order chi connectivity index (χ0) is 17.9. The Morgan fingerprint density at radius 2 is 2.00 bits per heavy atom. The summed E-state index contributed by atoms with van der Waals surface area (Å²) in [5.41, 5.74) is 3.64. The molecule has 0 saturated heterocycles. The summed E-state index contributed by atoms with van der Waals surface area (Å²) in [7, 11) is 0. The molecule has 0 fully saturated rings. The van der Waals surface area contributed by atoms with Crippen molar-refractivity contribution < 1.29 is 4.79 Å². The molecule has 5 nitrogen and oxygen atoms in total. The van der Waals surface area contributed by atoms with Gasteiger partial charge in [0.15, 0.2) is 5.65 Å². The maximum atomic E-state index is 12.5. The molecule has 5 heteroatoms. The highest BCUT2D eigenvalue weighted by molar-refractivity contribution is 6.06. The van der Waals surface area contributed by atoms with Crippen LogP contribution in [0.3, 0.4) is 0 Å². The van der Waals surface area contributed by atoms with Gasteiger partial charge in [-0.25, -0.2) is 9.50 Å². The Morgan fingerprint density at radius 1 is 1.15 bits per heavy atom. The zero-order valence-corrected chi connectivity index (χ0v) is 14.6. The molecular weight excluding hydrogens is 324 g/mol. The van der Waals surface area contributed by atoms with E-state index in [2.05, 4.69) is 15.4 Å². The minimum absolute atomic E-state index is 0.0296. The number of fused-ring (bicyclic) bond motifs is 2. The van der Waals surface area contributed by atoms with E-state index in [-0.39, 0.29) is 5.91 Å². The van der Waals surface area contributed by atoms with E-state index in [1.165, 1.54) is 0 Å². The molecule has 0 bridgehead atoms. The molecule has 0 radical (unpaired) electrons. The Morgan fingerprint density at radius 3 is 2.92 bits per heavy atom. The van der Waals surface area contributed by atoms with Gasteiger partial charge in [-0.1, -0.05) is 36.4 Å². The van der Waals surface area contributed by atoms with E-state index in [4.69, 9.17) is 0 Å². The number of carbonyl (C=O) groups excluding carboxylic acids is 1. The number of carbonyl (C=O) groups is 1. The number of hydrogen-bond donors (Lipinski definition) is 1. The third-order valence-electron chi connectivity index (χ3n) is 4.45. The first-order valence-electron chi connectivity index (χ1n) is 8.77. The molecule has 4 rings (SSSR count). The van der Waals surface area contributed by atoms with E-state index < -0.39 is 0 Å². The standard InChI is InChI=1S/C21H20N4O/c1-15-12-20-23-13-16(14-25(20)24-15)6-5-11-22-21(26)19-10-4-8-17-7-2-3-9-18(17)19/h2-4,7-10,12-14H,5-6,11H2,1H3,(H,22,26). The molecule has 0 spiro atoms. The van der Waals surface area contributed by atoms with Crippen molar-refractivity contribution >= 4 is 22.3 Å². The van der Waals surface area contributed by atoms with Gasteiger partial charge in [0.1, 0.15) is 0 Å². The minimum Gasteiger partial charge on any atom is -0.352 e. The molecule has 1 amide bonds. The number of rotatable bonds is 5. The molecule has 2 heterocycles. The van der Waals surface area contributed by atoms with Crippen LogP contribution in [0.5, 0.6) is 0 Å². The quantitative estimate of drug-likeness (QED) is 0.563. The fourth-order valence-electron chi connectivity index (χ4n) is 3.18. The Balaban J connectivity index is 1.37. The summed E-state index contributed by atoms with van der Waals surface area (Å²) in [6.07, 6.45) is 5.58. The van der Waals surface area contributed by atoms with E-state index in [1.54, 1.807) is 4.52 Å². The van der Waals surface area contributed by atoms with Gasteiger partial charge in [-0.3, -0.25) is 4.79 Å². The fraction of sp³-hybridized carbons (Fsp3) is 0.190.